The summed E-state index contributed by atoms with van der Waals surface area (Å²) in [5, 5.41) is 4.72. The van der Waals surface area contributed by atoms with Gasteiger partial charge in [-0.15, -0.1) is 0 Å². The van der Waals surface area contributed by atoms with Gasteiger partial charge in [-0.3, -0.25) is 4.79 Å². The van der Waals surface area contributed by atoms with Crippen LogP contribution in [0.15, 0.2) is 54.6 Å². The van der Waals surface area contributed by atoms with Crippen molar-refractivity contribution in [2.24, 2.45) is 5.73 Å². The van der Waals surface area contributed by atoms with E-state index >= 15 is 0 Å². The van der Waals surface area contributed by atoms with Crippen molar-refractivity contribution < 1.29 is 4.79 Å². The number of fused-ring (bicyclic) bond motifs is 1. The number of hydrogen-bond donors (Lipinski definition) is 2. The molecular weight excluding hydrogens is 310 g/mol. The number of benzene rings is 2. The third kappa shape index (κ3) is 3.79. The summed E-state index contributed by atoms with van der Waals surface area (Å²) in [6.07, 6.45) is 2.02. The van der Waals surface area contributed by atoms with Crippen molar-refractivity contribution >= 4 is 22.6 Å². The second-order valence-electron chi connectivity index (χ2n) is 6.32. The quantitative estimate of drug-likeness (QED) is 0.693. The Kier molecular flexibility index (Phi) is 4.98. The first-order chi connectivity index (χ1) is 12.1. The molecule has 3 aromatic rings. The van der Waals surface area contributed by atoms with Crippen LogP contribution in [0.4, 0.5) is 5.82 Å². The molecule has 0 aliphatic carbocycles. The standard InChI is InChI=1S/C21H23N3O/c1-3-6-18(15-9-11-16(12-10-15)20(22)25)23-21-14(2)13-17-7-4-5-8-19(17)24-21/h4-5,7-13,18H,3,6H2,1-2H3,(H2,22,25)(H,23,24). The predicted octanol–water partition coefficient (Wildman–Crippen LogP) is 4.60. The highest BCUT2D eigenvalue weighted by Crippen LogP contribution is 2.27. The highest BCUT2D eigenvalue weighted by Gasteiger charge is 2.14. The highest BCUT2D eigenvalue weighted by molar-refractivity contribution is 5.92. The number of aryl methyl sites for hydroxylation is 1. The number of nitrogens with zero attached hydrogens (tertiary/aromatic N) is 1. The van der Waals surface area contributed by atoms with Crippen molar-refractivity contribution in [3.63, 3.8) is 0 Å². The smallest absolute Gasteiger partial charge is 0.248 e. The molecule has 3 rings (SSSR count). The van der Waals surface area contributed by atoms with E-state index in [0.717, 1.165) is 40.7 Å². The molecule has 0 aliphatic heterocycles. The average Bonchev–Trinajstić information content (AvgIpc) is 2.62. The maximum atomic E-state index is 11.3. The van der Waals surface area contributed by atoms with Gasteiger partial charge in [-0.2, -0.15) is 0 Å². The topological polar surface area (TPSA) is 68.0 Å². The van der Waals surface area contributed by atoms with E-state index in [-0.39, 0.29) is 6.04 Å². The maximum absolute atomic E-state index is 11.3. The fraction of sp³-hybridized carbons (Fsp3) is 0.238. The zero-order chi connectivity index (χ0) is 17.8. The molecule has 4 nitrogen and oxygen atoms in total. The van der Waals surface area contributed by atoms with Crippen molar-refractivity contribution in [3.05, 3.63) is 71.3 Å². The normalized spacial score (nSPS) is 12.1. The number of nitrogens with one attached hydrogen (secondary N) is 1. The Morgan fingerprint density at radius 1 is 1.16 bits per heavy atom. The van der Waals surface area contributed by atoms with E-state index in [1.54, 1.807) is 12.1 Å². The average molecular weight is 333 g/mol. The lowest BCUT2D eigenvalue weighted by atomic mass is 10.0. The van der Waals surface area contributed by atoms with Crippen molar-refractivity contribution in [1.82, 2.24) is 4.98 Å². The van der Waals surface area contributed by atoms with Crippen LogP contribution in [0.5, 0.6) is 0 Å². The summed E-state index contributed by atoms with van der Waals surface area (Å²) in [6, 6.07) is 17.9. The van der Waals surface area contributed by atoms with E-state index < -0.39 is 5.91 Å². The lowest BCUT2D eigenvalue weighted by Crippen LogP contribution is -2.14. The molecule has 0 saturated heterocycles. The number of carbonyl (C=O) groups is 1. The van der Waals surface area contributed by atoms with Gasteiger partial charge in [0.25, 0.3) is 0 Å². The summed E-state index contributed by atoms with van der Waals surface area (Å²) in [4.78, 5) is 16.0. The first kappa shape index (κ1) is 17.0. The molecule has 0 radical (unpaired) electrons. The second-order valence-corrected chi connectivity index (χ2v) is 6.32. The number of primary amides is 1. The summed E-state index contributed by atoms with van der Waals surface area (Å²) in [5.74, 6) is 0.495. The van der Waals surface area contributed by atoms with Crippen LogP contribution in [-0.4, -0.2) is 10.9 Å². The van der Waals surface area contributed by atoms with E-state index in [0.29, 0.717) is 5.56 Å². The number of hydrogen-bond acceptors (Lipinski definition) is 3. The van der Waals surface area contributed by atoms with Crippen molar-refractivity contribution in [2.45, 2.75) is 32.7 Å². The molecule has 1 atom stereocenters. The number of amides is 1. The van der Waals surface area contributed by atoms with Crippen LogP contribution < -0.4 is 11.1 Å². The van der Waals surface area contributed by atoms with Crippen LogP contribution in [0.3, 0.4) is 0 Å². The molecule has 1 aromatic heterocycles. The highest BCUT2D eigenvalue weighted by atomic mass is 16.1. The van der Waals surface area contributed by atoms with Crippen molar-refractivity contribution in [2.75, 3.05) is 5.32 Å². The molecule has 0 fully saturated rings. The molecular formula is C21H23N3O. The molecule has 0 bridgehead atoms. The number of aromatic nitrogens is 1. The van der Waals surface area contributed by atoms with Gasteiger partial charge in [0.05, 0.1) is 11.6 Å². The van der Waals surface area contributed by atoms with Gasteiger partial charge in [-0.1, -0.05) is 43.7 Å². The van der Waals surface area contributed by atoms with Crippen LogP contribution in [-0.2, 0) is 0 Å². The molecule has 4 heteroatoms. The summed E-state index contributed by atoms with van der Waals surface area (Å²) < 4.78 is 0. The largest absolute Gasteiger partial charge is 0.366 e. The number of rotatable bonds is 6. The fourth-order valence-electron chi connectivity index (χ4n) is 3.02. The zero-order valence-corrected chi connectivity index (χ0v) is 14.6. The Hall–Kier alpha value is -2.88. The Balaban J connectivity index is 1.91. The summed E-state index contributed by atoms with van der Waals surface area (Å²) in [7, 11) is 0. The minimum atomic E-state index is -0.404. The summed E-state index contributed by atoms with van der Waals surface area (Å²) >= 11 is 0. The summed E-state index contributed by atoms with van der Waals surface area (Å²) in [5.41, 5.74) is 9.08. The van der Waals surface area contributed by atoms with E-state index in [9.17, 15) is 4.79 Å². The number of para-hydroxylation sites is 1. The molecule has 1 heterocycles. The van der Waals surface area contributed by atoms with Gasteiger partial charge < -0.3 is 11.1 Å². The van der Waals surface area contributed by atoms with Crippen LogP contribution in [0.1, 0.15) is 47.3 Å². The van der Waals surface area contributed by atoms with E-state index in [1.165, 1.54) is 0 Å². The lowest BCUT2D eigenvalue weighted by molar-refractivity contribution is 0.100. The third-order valence-corrected chi connectivity index (χ3v) is 4.40. The van der Waals surface area contributed by atoms with Gasteiger partial charge in [-0.05, 0) is 48.7 Å². The van der Waals surface area contributed by atoms with Crippen LogP contribution in [0, 0.1) is 6.92 Å². The molecule has 3 N–H and O–H groups in total. The van der Waals surface area contributed by atoms with Crippen molar-refractivity contribution in [3.8, 4) is 0 Å². The number of pyridine rings is 1. The Morgan fingerprint density at radius 3 is 2.56 bits per heavy atom. The zero-order valence-electron chi connectivity index (χ0n) is 14.6. The second kappa shape index (κ2) is 7.34. The van der Waals surface area contributed by atoms with Gasteiger partial charge in [0.1, 0.15) is 5.82 Å². The number of anilines is 1. The van der Waals surface area contributed by atoms with Gasteiger partial charge in [0, 0.05) is 10.9 Å². The van der Waals surface area contributed by atoms with Crippen molar-refractivity contribution in [1.29, 1.82) is 0 Å². The van der Waals surface area contributed by atoms with Gasteiger partial charge in [0.2, 0.25) is 5.91 Å². The maximum Gasteiger partial charge on any atom is 0.248 e. The molecule has 25 heavy (non-hydrogen) atoms. The molecule has 0 aliphatic rings. The van der Waals surface area contributed by atoms with Gasteiger partial charge in [0.15, 0.2) is 0 Å². The monoisotopic (exact) mass is 333 g/mol. The fourth-order valence-corrected chi connectivity index (χ4v) is 3.02. The molecule has 1 amide bonds. The summed E-state index contributed by atoms with van der Waals surface area (Å²) in [6.45, 7) is 4.23. The van der Waals surface area contributed by atoms with Crippen LogP contribution in [0.2, 0.25) is 0 Å². The predicted molar refractivity (Wildman–Crippen MR) is 103 cm³/mol. The Labute approximate surface area is 148 Å². The van der Waals surface area contributed by atoms with E-state index in [2.05, 4.69) is 31.3 Å². The first-order valence-electron chi connectivity index (χ1n) is 8.61. The SMILES string of the molecule is CCCC(Nc1nc2ccccc2cc1C)c1ccc(C(N)=O)cc1. The van der Waals surface area contributed by atoms with Gasteiger partial charge in [-0.25, -0.2) is 4.98 Å². The Morgan fingerprint density at radius 2 is 1.88 bits per heavy atom. The third-order valence-electron chi connectivity index (χ3n) is 4.40. The number of nitrogens with two attached hydrogens (primary N) is 1. The van der Waals surface area contributed by atoms with E-state index in [1.807, 2.05) is 30.3 Å². The molecule has 0 spiro atoms. The molecule has 128 valence electrons. The minimum Gasteiger partial charge on any atom is -0.366 e. The number of carbonyl (C=O) groups excluding carboxylic acids is 1. The van der Waals surface area contributed by atoms with Crippen LogP contribution >= 0.6 is 0 Å². The minimum absolute atomic E-state index is 0.138. The Bertz CT molecular complexity index is 887. The first-order valence-corrected chi connectivity index (χ1v) is 8.61. The molecule has 0 saturated carbocycles. The van der Waals surface area contributed by atoms with E-state index in [4.69, 9.17) is 10.7 Å². The molecule has 2 aromatic carbocycles. The molecule has 1 unspecified atom stereocenters. The van der Waals surface area contributed by atoms with Crippen LogP contribution in [0.25, 0.3) is 10.9 Å². The lowest BCUT2D eigenvalue weighted by Gasteiger charge is -2.21. The van der Waals surface area contributed by atoms with Gasteiger partial charge >= 0.3 is 0 Å².